The molecule has 2 heterocycles. The Bertz CT molecular complexity index is 627. The molecule has 1 unspecified atom stereocenters. The Morgan fingerprint density at radius 1 is 1.19 bits per heavy atom. The van der Waals surface area contributed by atoms with Crippen LogP contribution >= 0.6 is 0 Å². The smallest absolute Gasteiger partial charge is 0.166 e. The summed E-state index contributed by atoms with van der Waals surface area (Å²) >= 11 is 0. The summed E-state index contributed by atoms with van der Waals surface area (Å²) in [7, 11) is 0. The van der Waals surface area contributed by atoms with Crippen LogP contribution < -0.4 is 5.32 Å². The maximum atomic E-state index is 14.0. The minimum absolute atomic E-state index is 0.150. The van der Waals surface area contributed by atoms with Gasteiger partial charge in [-0.15, -0.1) is 0 Å². The molecule has 0 spiro atoms. The van der Waals surface area contributed by atoms with E-state index in [4.69, 9.17) is 4.74 Å². The zero-order valence-electron chi connectivity index (χ0n) is 11.5. The largest absolute Gasteiger partial charge is 0.371 e. The number of pyridine rings is 1. The van der Waals surface area contributed by atoms with Gasteiger partial charge in [-0.05, 0) is 25.1 Å². The molecule has 1 aromatic heterocycles. The van der Waals surface area contributed by atoms with Crippen molar-refractivity contribution in [3.8, 4) is 11.1 Å². The van der Waals surface area contributed by atoms with Crippen LogP contribution in [0.5, 0.6) is 0 Å². The highest BCUT2D eigenvalue weighted by Gasteiger charge is 2.17. The van der Waals surface area contributed by atoms with Gasteiger partial charge in [0.1, 0.15) is 0 Å². The number of hydrogen-bond donors (Lipinski definition) is 1. The van der Waals surface area contributed by atoms with E-state index in [1.54, 1.807) is 24.4 Å². The van der Waals surface area contributed by atoms with Gasteiger partial charge in [0.05, 0.1) is 18.4 Å². The zero-order chi connectivity index (χ0) is 14.7. The second-order valence-electron chi connectivity index (χ2n) is 5.02. The van der Waals surface area contributed by atoms with Crippen LogP contribution in [0.2, 0.25) is 0 Å². The van der Waals surface area contributed by atoms with Crippen LogP contribution in [-0.2, 0) is 11.3 Å². The lowest BCUT2D eigenvalue weighted by Crippen LogP contribution is -2.17. The summed E-state index contributed by atoms with van der Waals surface area (Å²) in [5.74, 6) is -1.71. The van der Waals surface area contributed by atoms with Crippen molar-refractivity contribution < 1.29 is 13.5 Å². The molecule has 1 fully saturated rings. The summed E-state index contributed by atoms with van der Waals surface area (Å²) in [5, 5.41) is 3.22. The number of nitrogens with one attached hydrogen (secondary N) is 1. The SMILES string of the molecule is Fc1cccc(-c2cccnc2COC2CCNC2)c1F. The molecule has 0 radical (unpaired) electrons. The fourth-order valence-electron chi connectivity index (χ4n) is 2.48. The predicted octanol–water partition coefficient (Wildman–Crippen LogP) is 2.91. The first-order valence-corrected chi connectivity index (χ1v) is 6.96. The highest BCUT2D eigenvalue weighted by Crippen LogP contribution is 2.27. The molecule has 1 aliphatic rings. The van der Waals surface area contributed by atoms with E-state index in [1.807, 2.05) is 0 Å². The summed E-state index contributed by atoms with van der Waals surface area (Å²) in [6.45, 7) is 2.05. The van der Waals surface area contributed by atoms with Crippen LogP contribution in [-0.4, -0.2) is 24.2 Å². The molecule has 110 valence electrons. The Labute approximate surface area is 122 Å². The molecule has 0 bridgehead atoms. The monoisotopic (exact) mass is 290 g/mol. The maximum absolute atomic E-state index is 14.0. The second kappa shape index (κ2) is 6.28. The van der Waals surface area contributed by atoms with Gasteiger partial charge >= 0.3 is 0 Å². The average molecular weight is 290 g/mol. The lowest BCUT2D eigenvalue weighted by Gasteiger charge is -2.13. The standard InChI is InChI=1S/C16H16F2N2O/c17-14-5-1-3-13(16(14)18)12-4-2-7-20-15(12)10-21-11-6-8-19-9-11/h1-5,7,11,19H,6,8-10H2. The molecule has 5 heteroatoms. The number of nitrogens with zero attached hydrogens (tertiary/aromatic N) is 1. The number of halogens is 2. The first-order chi connectivity index (χ1) is 10.3. The highest BCUT2D eigenvalue weighted by molar-refractivity contribution is 5.66. The molecule has 1 N–H and O–H groups in total. The molecule has 1 aliphatic heterocycles. The molecule has 0 saturated carbocycles. The van der Waals surface area contributed by atoms with E-state index in [0.29, 0.717) is 17.9 Å². The van der Waals surface area contributed by atoms with E-state index < -0.39 is 11.6 Å². The summed E-state index contributed by atoms with van der Waals surface area (Å²) in [4.78, 5) is 4.25. The van der Waals surface area contributed by atoms with E-state index in [9.17, 15) is 8.78 Å². The molecule has 1 saturated heterocycles. The number of rotatable bonds is 4. The van der Waals surface area contributed by atoms with E-state index in [2.05, 4.69) is 10.3 Å². The lowest BCUT2D eigenvalue weighted by molar-refractivity contribution is 0.0525. The maximum Gasteiger partial charge on any atom is 0.166 e. The summed E-state index contributed by atoms with van der Waals surface area (Å²) in [6, 6.07) is 7.59. The van der Waals surface area contributed by atoms with Crippen LogP contribution in [0.4, 0.5) is 8.78 Å². The molecule has 0 amide bonds. The van der Waals surface area contributed by atoms with Gasteiger partial charge in [0.25, 0.3) is 0 Å². The molecule has 3 rings (SSSR count). The third-order valence-corrected chi connectivity index (χ3v) is 3.60. The Balaban J connectivity index is 1.86. The van der Waals surface area contributed by atoms with Crippen LogP contribution in [0.25, 0.3) is 11.1 Å². The van der Waals surface area contributed by atoms with Crippen LogP contribution in [0.1, 0.15) is 12.1 Å². The normalized spacial score (nSPS) is 18.1. The third kappa shape index (κ3) is 3.09. The molecule has 0 aliphatic carbocycles. The Hall–Kier alpha value is -1.85. The fraction of sp³-hybridized carbons (Fsp3) is 0.312. The molecule has 3 nitrogen and oxygen atoms in total. The third-order valence-electron chi connectivity index (χ3n) is 3.60. The van der Waals surface area contributed by atoms with Crippen LogP contribution in [0, 0.1) is 11.6 Å². The molecule has 1 atom stereocenters. The van der Waals surface area contributed by atoms with Gasteiger partial charge in [-0.25, -0.2) is 8.78 Å². The zero-order valence-corrected chi connectivity index (χ0v) is 11.5. The Morgan fingerprint density at radius 2 is 2.05 bits per heavy atom. The second-order valence-corrected chi connectivity index (χ2v) is 5.02. The molecule has 1 aromatic carbocycles. The fourth-order valence-corrected chi connectivity index (χ4v) is 2.48. The van der Waals surface area contributed by atoms with Crippen molar-refractivity contribution in [2.45, 2.75) is 19.1 Å². The minimum atomic E-state index is -0.858. The van der Waals surface area contributed by atoms with E-state index in [-0.39, 0.29) is 11.7 Å². The van der Waals surface area contributed by atoms with Gasteiger partial charge in [0.2, 0.25) is 0 Å². The van der Waals surface area contributed by atoms with E-state index in [0.717, 1.165) is 25.6 Å². The topological polar surface area (TPSA) is 34.1 Å². The number of benzene rings is 1. The summed E-state index contributed by atoms with van der Waals surface area (Å²) < 4.78 is 33.1. The summed E-state index contributed by atoms with van der Waals surface area (Å²) in [5.41, 5.74) is 1.40. The number of aromatic nitrogens is 1. The molecular weight excluding hydrogens is 274 g/mol. The van der Waals surface area contributed by atoms with E-state index >= 15 is 0 Å². The van der Waals surface area contributed by atoms with Gasteiger partial charge in [-0.3, -0.25) is 4.98 Å². The summed E-state index contributed by atoms with van der Waals surface area (Å²) in [6.07, 6.45) is 2.74. The Morgan fingerprint density at radius 3 is 2.86 bits per heavy atom. The van der Waals surface area contributed by atoms with Crippen molar-refractivity contribution in [2.75, 3.05) is 13.1 Å². The first-order valence-electron chi connectivity index (χ1n) is 6.96. The van der Waals surface area contributed by atoms with Crippen LogP contribution in [0.15, 0.2) is 36.5 Å². The van der Waals surface area contributed by atoms with Gasteiger partial charge in [-0.2, -0.15) is 0 Å². The van der Waals surface area contributed by atoms with Gasteiger partial charge in [0.15, 0.2) is 11.6 Å². The molecule has 2 aromatic rings. The molecular formula is C16H16F2N2O. The van der Waals surface area contributed by atoms with E-state index in [1.165, 1.54) is 6.07 Å². The number of hydrogen-bond acceptors (Lipinski definition) is 3. The number of ether oxygens (including phenoxy) is 1. The Kier molecular flexibility index (Phi) is 4.22. The van der Waals surface area contributed by atoms with Crippen molar-refractivity contribution in [1.29, 1.82) is 0 Å². The van der Waals surface area contributed by atoms with Gasteiger partial charge in [-0.1, -0.05) is 18.2 Å². The average Bonchev–Trinajstić information content (AvgIpc) is 3.02. The molecule has 21 heavy (non-hydrogen) atoms. The quantitative estimate of drug-likeness (QED) is 0.940. The van der Waals surface area contributed by atoms with Crippen molar-refractivity contribution in [3.05, 3.63) is 53.9 Å². The van der Waals surface area contributed by atoms with Gasteiger partial charge in [0, 0.05) is 23.9 Å². The van der Waals surface area contributed by atoms with Crippen molar-refractivity contribution >= 4 is 0 Å². The predicted molar refractivity (Wildman–Crippen MR) is 75.7 cm³/mol. The van der Waals surface area contributed by atoms with Crippen molar-refractivity contribution in [2.24, 2.45) is 0 Å². The first kappa shape index (κ1) is 14.1. The lowest BCUT2D eigenvalue weighted by atomic mass is 10.0. The highest BCUT2D eigenvalue weighted by atomic mass is 19.2. The van der Waals surface area contributed by atoms with Crippen molar-refractivity contribution in [1.82, 2.24) is 10.3 Å². The van der Waals surface area contributed by atoms with Crippen molar-refractivity contribution in [3.63, 3.8) is 0 Å². The van der Waals surface area contributed by atoms with Gasteiger partial charge < -0.3 is 10.1 Å². The minimum Gasteiger partial charge on any atom is -0.371 e. The van der Waals surface area contributed by atoms with Crippen LogP contribution in [0.3, 0.4) is 0 Å².